The van der Waals surface area contributed by atoms with Crippen LogP contribution in [0.4, 0.5) is 0 Å². The Kier molecular flexibility index (Phi) is 8.93. The molecule has 6 aliphatic rings. The molecule has 4 aliphatic carbocycles. The van der Waals surface area contributed by atoms with Crippen LogP contribution in [0.5, 0.6) is 0 Å². The number of likely N-dealkylation sites (tertiary alicyclic amines) is 1. The predicted octanol–water partition coefficient (Wildman–Crippen LogP) is 3.23. The van der Waals surface area contributed by atoms with E-state index in [-0.39, 0.29) is 17.4 Å². The minimum absolute atomic E-state index is 0.0346. The fraction of sp³-hybridized carbons (Fsp3) is 0.971. The van der Waals surface area contributed by atoms with Crippen molar-refractivity contribution in [2.45, 2.75) is 128 Å². The number of ether oxygens (including phenoxy) is 2. The number of nitrogens with zero attached hydrogens (tertiary/aromatic N) is 1. The van der Waals surface area contributed by atoms with Crippen LogP contribution >= 0.6 is 0 Å². The number of hydrogen-bond donors (Lipinski definition) is 4. The van der Waals surface area contributed by atoms with E-state index < -0.39 is 37.3 Å². The number of Topliss-reactive ketones (excluding diaryl/α,β-unsaturated/α-hetero) is 1. The smallest absolute Gasteiger partial charge is 0.186 e. The summed E-state index contributed by atoms with van der Waals surface area (Å²) >= 11 is 0. The van der Waals surface area contributed by atoms with Gasteiger partial charge in [-0.25, -0.2) is 0 Å². The minimum atomic E-state index is -1.45. The van der Waals surface area contributed by atoms with Gasteiger partial charge in [-0.15, -0.1) is 0 Å². The molecule has 0 aromatic heterocycles. The number of hydrogen-bond acceptors (Lipinski definition) is 8. The quantitative estimate of drug-likeness (QED) is 0.360. The van der Waals surface area contributed by atoms with E-state index in [1.54, 1.807) is 0 Å². The molecule has 0 aromatic carbocycles. The van der Waals surface area contributed by atoms with Crippen LogP contribution in [-0.4, -0.2) is 94.2 Å². The van der Waals surface area contributed by atoms with Gasteiger partial charge < -0.3 is 34.8 Å². The van der Waals surface area contributed by atoms with Crippen molar-refractivity contribution in [3.8, 4) is 0 Å². The normalized spacial score (nSPS) is 54.1. The van der Waals surface area contributed by atoms with E-state index >= 15 is 0 Å². The van der Waals surface area contributed by atoms with Gasteiger partial charge in [0, 0.05) is 24.9 Å². The van der Waals surface area contributed by atoms with Crippen LogP contribution in [0.3, 0.4) is 0 Å². The van der Waals surface area contributed by atoms with Crippen molar-refractivity contribution in [3.63, 3.8) is 0 Å². The maximum Gasteiger partial charge on any atom is 0.186 e. The number of ketones is 1. The molecule has 8 nitrogen and oxygen atoms in total. The highest BCUT2D eigenvalue weighted by molar-refractivity contribution is 5.83. The van der Waals surface area contributed by atoms with Crippen LogP contribution in [0.15, 0.2) is 0 Å². The average molecular weight is 592 g/mol. The monoisotopic (exact) mass is 591 g/mol. The van der Waals surface area contributed by atoms with E-state index in [1.165, 1.54) is 38.6 Å². The summed E-state index contributed by atoms with van der Waals surface area (Å²) in [6.07, 6.45) is 2.80. The van der Waals surface area contributed by atoms with E-state index in [9.17, 15) is 25.2 Å². The van der Waals surface area contributed by atoms with Crippen LogP contribution in [0.2, 0.25) is 0 Å². The molecule has 8 heteroatoms. The predicted molar refractivity (Wildman–Crippen MR) is 158 cm³/mol. The molecule has 17 atom stereocenters. The van der Waals surface area contributed by atoms with Gasteiger partial charge >= 0.3 is 0 Å². The fourth-order valence-corrected chi connectivity index (χ4v) is 11.5. The first-order valence-corrected chi connectivity index (χ1v) is 17.1. The van der Waals surface area contributed by atoms with Crippen molar-refractivity contribution in [3.05, 3.63) is 0 Å². The average Bonchev–Trinajstić information content (AvgIpc) is 3.34. The van der Waals surface area contributed by atoms with Crippen molar-refractivity contribution >= 4 is 5.78 Å². The SMILES string of the molecule is CC([C@H]1CC[C@H](C)CN1C)[C@@H]1CC[C@@H]2[C@@H](C[C@H]3[C@H]2CC(=O)[C@H]2C[C@@H](O[C@H]4O[C@H](CO)[C@@H](O)[C@H](O)[C@H]4O)CC[C@@]23C)[C@H]1C. The van der Waals surface area contributed by atoms with Gasteiger partial charge in [0.05, 0.1) is 12.7 Å². The number of carbonyl (C=O) groups excluding carboxylic acids is 1. The summed E-state index contributed by atoms with van der Waals surface area (Å²) in [6, 6.07) is 0.691. The number of carbonyl (C=O) groups is 1. The molecule has 4 N–H and O–H groups in total. The molecule has 0 spiro atoms. The first-order chi connectivity index (χ1) is 19.9. The Morgan fingerprint density at radius 1 is 1.00 bits per heavy atom. The molecular formula is C34H57NO7. The highest BCUT2D eigenvalue weighted by Gasteiger charge is 2.62. The second-order valence-corrected chi connectivity index (χ2v) is 15.9. The number of fused-ring (bicyclic) bond motifs is 5. The van der Waals surface area contributed by atoms with E-state index in [2.05, 4.69) is 39.6 Å². The molecule has 240 valence electrons. The summed E-state index contributed by atoms with van der Waals surface area (Å²) in [7, 11) is 2.33. The Bertz CT molecular complexity index is 978. The number of aliphatic hydroxyl groups excluding tert-OH is 4. The maximum absolute atomic E-state index is 13.8. The van der Waals surface area contributed by atoms with Crippen LogP contribution in [-0.2, 0) is 14.3 Å². The molecule has 0 bridgehead atoms. The lowest BCUT2D eigenvalue weighted by molar-refractivity contribution is -0.315. The summed E-state index contributed by atoms with van der Waals surface area (Å²) < 4.78 is 11.8. The summed E-state index contributed by atoms with van der Waals surface area (Å²) in [6.45, 7) is 10.6. The molecule has 2 aliphatic heterocycles. The fourth-order valence-electron chi connectivity index (χ4n) is 11.5. The van der Waals surface area contributed by atoms with Gasteiger partial charge in [-0.2, -0.15) is 0 Å². The zero-order valence-corrected chi connectivity index (χ0v) is 26.5. The van der Waals surface area contributed by atoms with Gasteiger partial charge in [-0.1, -0.05) is 27.7 Å². The molecular weight excluding hydrogens is 534 g/mol. The maximum atomic E-state index is 13.8. The van der Waals surface area contributed by atoms with E-state index in [0.29, 0.717) is 60.2 Å². The van der Waals surface area contributed by atoms with E-state index in [1.807, 2.05) is 0 Å². The zero-order chi connectivity index (χ0) is 30.1. The van der Waals surface area contributed by atoms with Gasteiger partial charge in [-0.3, -0.25) is 4.79 Å². The van der Waals surface area contributed by atoms with Crippen LogP contribution < -0.4 is 0 Å². The summed E-state index contributed by atoms with van der Waals surface area (Å²) in [5.74, 6) is 5.72. The third-order valence-electron chi connectivity index (χ3n) is 13.9. The molecule has 6 fully saturated rings. The second-order valence-electron chi connectivity index (χ2n) is 15.9. The van der Waals surface area contributed by atoms with Gasteiger partial charge in [-0.05, 0) is 111 Å². The molecule has 2 heterocycles. The Hall–Kier alpha value is -0.610. The molecule has 0 aromatic rings. The lowest BCUT2D eigenvalue weighted by Gasteiger charge is -2.53. The van der Waals surface area contributed by atoms with Crippen LogP contribution in [0.1, 0.15) is 85.5 Å². The third kappa shape index (κ3) is 5.23. The Balaban J connectivity index is 1.12. The van der Waals surface area contributed by atoms with Crippen LogP contribution in [0.25, 0.3) is 0 Å². The van der Waals surface area contributed by atoms with Gasteiger partial charge in [0.2, 0.25) is 0 Å². The summed E-state index contributed by atoms with van der Waals surface area (Å²) in [4.78, 5) is 16.5. The third-order valence-corrected chi connectivity index (χ3v) is 13.9. The van der Waals surface area contributed by atoms with E-state index in [0.717, 1.165) is 24.7 Å². The topological polar surface area (TPSA) is 120 Å². The summed E-state index contributed by atoms with van der Waals surface area (Å²) in [5.41, 5.74) is -0.0346. The lowest BCUT2D eigenvalue weighted by atomic mass is 9.51. The van der Waals surface area contributed by atoms with Gasteiger partial charge in [0.1, 0.15) is 30.2 Å². The van der Waals surface area contributed by atoms with Gasteiger partial charge in [0.25, 0.3) is 0 Å². The standard InChI is InChI=1S/C34H57NO7/c1-17-6-9-27(35(5)15-17)19(3)21-7-8-22-23(18(21)2)13-25-24(22)14-28(37)26-12-20(10-11-34(25,26)4)41-33-32(40)31(39)30(38)29(16-36)42-33/h17-27,29-33,36,38-40H,6-16H2,1-5H3/t17-,18-,19?,20-,21+,22+,23-,24-,25-,26+,27+,29+,30+,31-,32+,33-,34+/m0/s1. The molecule has 42 heavy (non-hydrogen) atoms. The largest absolute Gasteiger partial charge is 0.394 e. The Labute approximate surface area is 252 Å². The summed E-state index contributed by atoms with van der Waals surface area (Å²) in [5, 5.41) is 40.4. The van der Waals surface area contributed by atoms with Crippen molar-refractivity contribution < 1.29 is 34.7 Å². The van der Waals surface area contributed by atoms with Crippen molar-refractivity contribution in [2.75, 3.05) is 20.2 Å². The highest BCUT2D eigenvalue weighted by Crippen LogP contribution is 2.65. The van der Waals surface area contributed by atoms with Crippen molar-refractivity contribution in [1.82, 2.24) is 4.90 Å². The first-order valence-electron chi connectivity index (χ1n) is 17.1. The Morgan fingerprint density at radius 3 is 2.48 bits per heavy atom. The zero-order valence-electron chi connectivity index (χ0n) is 26.5. The number of aliphatic hydroxyl groups is 4. The lowest BCUT2D eigenvalue weighted by Crippen LogP contribution is -2.60. The van der Waals surface area contributed by atoms with Crippen molar-refractivity contribution in [2.24, 2.45) is 58.7 Å². The van der Waals surface area contributed by atoms with Gasteiger partial charge in [0.15, 0.2) is 6.29 Å². The minimum Gasteiger partial charge on any atom is -0.394 e. The second kappa shape index (κ2) is 12.0. The number of piperidine rings is 1. The molecule has 2 saturated heterocycles. The molecule has 0 radical (unpaired) electrons. The van der Waals surface area contributed by atoms with Crippen molar-refractivity contribution in [1.29, 1.82) is 0 Å². The molecule has 4 saturated carbocycles. The Morgan fingerprint density at radius 2 is 1.76 bits per heavy atom. The molecule has 6 rings (SSSR count). The highest BCUT2D eigenvalue weighted by atomic mass is 16.7. The first kappa shape index (κ1) is 31.4. The molecule has 0 amide bonds. The number of rotatable bonds is 5. The van der Waals surface area contributed by atoms with Crippen LogP contribution in [0, 0.1) is 58.7 Å². The molecule has 1 unspecified atom stereocenters. The van der Waals surface area contributed by atoms with E-state index in [4.69, 9.17) is 9.47 Å².